The molecule has 0 saturated heterocycles. The van der Waals surface area contributed by atoms with E-state index in [0.717, 1.165) is 15.5 Å². The maximum Gasteiger partial charge on any atom is 0.412 e. The van der Waals surface area contributed by atoms with Crippen LogP contribution in [0.25, 0.3) is 5.65 Å². The minimum atomic E-state index is -0.562. The molecule has 2 N–H and O–H groups in total. The summed E-state index contributed by atoms with van der Waals surface area (Å²) in [4.78, 5) is 28.7. The Morgan fingerprint density at radius 2 is 1.96 bits per heavy atom. The Morgan fingerprint density at radius 3 is 2.72 bits per heavy atom. The van der Waals surface area contributed by atoms with E-state index in [2.05, 4.69) is 20.4 Å². The molecule has 0 aliphatic rings. The van der Waals surface area contributed by atoms with Gasteiger partial charge in [-0.3, -0.25) is 10.1 Å². The summed E-state index contributed by atoms with van der Waals surface area (Å²) in [6, 6.07) is 11.4. The van der Waals surface area contributed by atoms with Gasteiger partial charge >= 0.3 is 6.09 Å². The Hall–Kier alpha value is -3.00. The zero-order valence-corrected chi connectivity index (χ0v) is 14.5. The van der Waals surface area contributed by atoms with E-state index in [1.807, 2.05) is 47.0 Å². The van der Waals surface area contributed by atoms with Crippen LogP contribution in [-0.2, 0) is 9.53 Å². The molecule has 0 aliphatic carbocycles. The van der Waals surface area contributed by atoms with E-state index in [1.54, 1.807) is 18.0 Å². The number of nitrogens with zero attached hydrogens (tertiary/aromatic N) is 2. The van der Waals surface area contributed by atoms with E-state index in [1.165, 1.54) is 14.0 Å². The molecule has 2 amide bonds. The molecule has 3 rings (SSSR count). The third-order valence-electron chi connectivity index (χ3n) is 3.23. The second-order valence-electron chi connectivity index (χ2n) is 5.18. The van der Waals surface area contributed by atoms with Crippen LogP contribution >= 0.6 is 11.8 Å². The van der Waals surface area contributed by atoms with E-state index in [-0.39, 0.29) is 5.91 Å². The van der Waals surface area contributed by atoms with Crippen molar-refractivity contribution in [2.24, 2.45) is 0 Å². The van der Waals surface area contributed by atoms with Crippen molar-refractivity contribution in [3.63, 3.8) is 0 Å². The van der Waals surface area contributed by atoms with Gasteiger partial charge in [0.2, 0.25) is 5.91 Å². The molecule has 0 radical (unpaired) electrons. The summed E-state index contributed by atoms with van der Waals surface area (Å²) >= 11 is 1.56. The fourth-order valence-electron chi connectivity index (χ4n) is 2.22. The van der Waals surface area contributed by atoms with Crippen LogP contribution in [0.1, 0.15) is 6.92 Å². The average Bonchev–Trinajstić information content (AvgIpc) is 2.95. The first-order valence-electron chi connectivity index (χ1n) is 7.43. The number of methoxy groups -OCH3 is 1. The monoisotopic (exact) mass is 356 g/mol. The SMILES string of the molecule is COC(=O)Nc1cn2cc(Sc3cccc(NC(C)=O)c3)ccc2n1. The number of carbonyl (C=O) groups is 2. The summed E-state index contributed by atoms with van der Waals surface area (Å²) in [5.74, 6) is 0.314. The Kier molecular flexibility index (Phi) is 4.90. The van der Waals surface area contributed by atoms with Gasteiger partial charge < -0.3 is 14.5 Å². The van der Waals surface area contributed by atoms with Crippen molar-refractivity contribution in [3.05, 3.63) is 48.8 Å². The molecule has 0 unspecified atom stereocenters. The Morgan fingerprint density at radius 1 is 1.12 bits per heavy atom. The van der Waals surface area contributed by atoms with Crippen LogP contribution in [0.2, 0.25) is 0 Å². The van der Waals surface area contributed by atoms with Gasteiger partial charge in [0, 0.05) is 28.6 Å². The zero-order chi connectivity index (χ0) is 17.8. The van der Waals surface area contributed by atoms with Crippen molar-refractivity contribution in [3.8, 4) is 0 Å². The van der Waals surface area contributed by atoms with Gasteiger partial charge in [0.1, 0.15) is 5.65 Å². The molecule has 1 aromatic carbocycles. The van der Waals surface area contributed by atoms with Crippen LogP contribution in [0.15, 0.2) is 58.6 Å². The molecular weight excluding hydrogens is 340 g/mol. The first kappa shape index (κ1) is 16.8. The lowest BCUT2D eigenvalue weighted by Crippen LogP contribution is -2.10. The van der Waals surface area contributed by atoms with Gasteiger partial charge in [0.05, 0.1) is 13.3 Å². The highest BCUT2D eigenvalue weighted by Crippen LogP contribution is 2.29. The molecule has 2 heterocycles. The molecule has 0 aliphatic heterocycles. The van der Waals surface area contributed by atoms with E-state index < -0.39 is 6.09 Å². The molecule has 0 spiro atoms. The lowest BCUT2D eigenvalue weighted by atomic mass is 10.3. The second-order valence-corrected chi connectivity index (χ2v) is 6.33. The third kappa shape index (κ3) is 4.30. The van der Waals surface area contributed by atoms with E-state index >= 15 is 0 Å². The van der Waals surface area contributed by atoms with Crippen molar-refractivity contribution in [2.75, 3.05) is 17.7 Å². The number of rotatable bonds is 4. The number of aromatic nitrogens is 2. The molecule has 0 fully saturated rings. The summed E-state index contributed by atoms with van der Waals surface area (Å²) in [5.41, 5.74) is 1.47. The van der Waals surface area contributed by atoms with Crippen LogP contribution in [0.5, 0.6) is 0 Å². The van der Waals surface area contributed by atoms with Crippen LogP contribution in [0.4, 0.5) is 16.3 Å². The van der Waals surface area contributed by atoms with Crippen LogP contribution < -0.4 is 10.6 Å². The van der Waals surface area contributed by atoms with Crippen molar-refractivity contribution < 1.29 is 14.3 Å². The molecule has 8 heteroatoms. The molecule has 3 aromatic rings. The highest BCUT2D eigenvalue weighted by molar-refractivity contribution is 7.99. The molecule has 25 heavy (non-hydrogen) atoms. The molecule has 128 valence electrons. The number of hydrogen-bond donors (Lipinski definition) is 2. The number of imidazole rings is 1. The number of nitrogens with one attached hydrogen (secondary N) is 2. The number of ether oxygens (including phenoxy) is 1. The standard InChI is InChI=1S/C17H16N4O3S/c1-11(22)18-12-4-3-5-13(8-12)25-14-6-7-16-19-15(10-21(16)9-14)20-17(23)24-2/h3-10H,1-2H3,(H,18,22)(H,20,23). The van der Waals surface area contributed by atoms with Crippen molar-refractivity contribution in [1.82, 2.24) is 9.38 Å². The average molecular weight is 356 g/mol. The van der Waals surface area contributed by atoms with Gasteiger partial charge in [-0.25, -0.2) is 9.78 Å². The fraction of sp³-hybridized carbons (Fsp3) is 0.118. The molecule has 0 saturated carbocycles. The minimum absolute atomic E-state index is 0.104. The van der Waals surface area contributed by atoms with Crippen LogP contribution in [0, 0.1) is 0 Å². The molecule has 0 bridgehead atoms. The molecule has 7 nitrogen and oxygen atoms in total. The maximum atomic E-state index is 11.3. The van der Waals surface area contributed by atoms with Gasteiger partial charge in [-0.2, -0.15) is 0 Å². The highest BCUT2D eigenvalue weighted by Gasteiger charge is 2.07. The van der Waals surface area contributed by atoms with Crippen molar-refractivity contribution in [2.45, 2.75) is 16.7 Å². The first-order valence-corrected chi connectivity index (χ1v) is 8.24. The molecular formula is C17H16N4O3S. The predicted octanol–water partition coefficient (Wildman–Crippen LogP) is 3.62. The third-order valence-corrected chi connectivity index (χ3v) is 4.20. The summed E-state index contributed by atoms with van der Waals surface area (Å²) in [5, 5.41) is 5.30. The maximum absolute atomic E-state index is 11.3. The topological polar surface area (TPSA) is 84.7 Å². The Balaban J connectivity index is 1.80. The molecule has 0 atom stereocenters. The smallest absolute Gasteiger partial charge is 0.412 e. The first-order chi connectivity index (χ1) is 12.0. The van der Waals surface area contributed by atoms with Crippen molar-refractivity contribution >= 4 is 40.9 Å². The van der Waals surface area contributed by atoms with Gasteiger partial charge in [-0.05, 0) is 30.3 Å². The number of fused-ring (bicyclic) bond motifs is 1. The Labute approximate surface area is 148 Å². The van der Waals surface area contributed by atoms with Gasteiger partial charge in [-0.15, -0.1) is 0 Å². The number of amides is 2. The van der Waals surface area contributed by atoms with Crippen LogP contribution in [0.3, 0.4) is 0 Å². The van der Waals surface area contributed by atoms with Gasteiger partial charge in [-0.1, -0.05) is 17.8 Å². The van der Waals surface area contributed by atoms with Gasteiger partial charge in [0.25, 0.3) is 0 Å². The Bertz CT molecular complexity index is 939. The normalized spacial score (nSPS) is 10.5. The van der Waals surface area contributed by atoms with E-state index in [0.29, 0.717) is 11.5 Å². The van der Waals surface area contributed by atoms with E-state index in [4.69, 9.17) is 0 Å². The predicted molar refractivity (Wildman–Crippen MR) is 96.1 cm³/mol. The number of carbonyl (C=O) groups excluding carboxylic acids is 2. The minimum Gasteiger partial charge on any atom is -0.453 e. The zero-order valence-electron chi connectivity index (χ0n) is 13.6. The molecule has 2 aromatic heterocycles. The lowest BCUT2D eigenvalue weighted by Gasteiger charge is -2.06. The van der Waals surface area contributed by atoms with Crippen LogP contribution in [-0.4, -0.2) is 28.5 Å². The summed E-state index contributed by atoms with van der Waals surface area (Å²) < 4.78 is 6.38. The summed E-state index contributed by atoms with van der Waals surface area (Å²) in [7, 11) is 1.30. The lowest BCUT2D eigenvalue weighted by molar-refractivity contribution is -0.114. The highest BCUT2D eigenvalue weighted by atomic mass is 32.2. The largest absolute Gasteiger partial charge is 0.453 e. The van der Waals surface area contributed by atoms with E-state index in [9.17, 15) is 9.59 Å². The second kappa shape index (κ2) is 7.27. The van der Waals surface area contributed by atoms with Crippen molar-refractivity contribution in [1.29, 1.82) is 0 Å². The quantitative estimate of drug-likeness (QED) is 0.746. The summed E-state index contributed by atoms with van der Waals surface area (Å²) in [6.07, 6.45) is 3.07. The number of benzene rings is 1. The summed E-state index contributed by atoms with van der Waals surface area (Å²) in [6.45, 7) is 1.48. The fourth-order valence-corrected chi connectivity index (χ4v) is 3.13. The number of anilines is 2. The van der Waals surface area contributed by atoms with Gasteiger partial charge in [0.15, 0.2) is 5.82 Å². The number of hydrogen-bond acceptors (Lipinski definition) is 5. The number of pyridine rings is 1.